The average molecular weight is 226 g/mol. The summed E-state index contributed by atoms with van der Waals surface area (Å²) >= 11 is 0. The van der Waals surface area contributed by atoms with Gasteiger partial charge in [0, 0.05) is 30.1 Å². The Morgan fingerprint density at radius 1 is 1.24 bits per heavy atom. The lowest BCUT2D eigenvalue weighted by Gasteiger charge is -2.08. The maximum atomic E-state index is 5.07. The molecule has 0 spiro atoms. The number of ether oxygens (including phenoxy) is 1. The summed E-state index contributed by atoms with van der Waals surface area (Å²) in [5, 5.41) is 3.39. The van der Waals surface area contributed by atoms with Crippen molar-refractivity contribution in [2.45, 2.75) is 6.42 Å². The Kier molecular flexibility index (Phi) is 2.44. The summed E-state index contributed by atoms with van der Waals surface area (Å²) in [5.41, 5.74) is 5.05. The van der Waals surface area contributed by atoms with Gasteiger partial charge in [0.2, 0.25) is 5.88 Å². The molecule has 0 fully saturated rings. The molecule has 1 N–H and O–H groups in total. The quantitative estimate of drug-likeness (QED) is 0.855. The van der Waals surface area contributed by atoms with Crippen LogP contribution in [0.1, 0.15) is 5.56 Å². The van der Waals surface area contributed by atoms with Gasteiger partial charge in [-0.2, -0.15) is 0 Å². The van der Waals surface area contributed by atoms with Crippen LogP contribution in [0.4, 0.5) is 5.69 Å². The average Bonchev–Trinajstić information content (AvgIpc) is 2.87. The van der Waals surface area contributed by atoms with Crippen molar-refractivity contribution >= 4 is 5.69 Å². The van der Waals surface area contributed by atoms with Crippen molar-refractivity contribution in [3.63, 3.8) is 0 Å². The maximum Gasteiger partial charge on any atom is 0.212 e. The van der Waals surface area contributed by atoms with E-state index in [1.165, 1.54) is 16.8 Å². The van der Waals surface area contributed by atoms with Crippen LogP contribution in [0.15, 0.2) is 36.5 Å². The molecule has 0 unspecified atom stereocenters. The molecule has 1 aromatic carbocycles. The minimum Gasteiger partial charge on any atom is -0.481 e. The topological polar surface area (TPSA) is 34.1 Å². The van der Waals surface area contributed by atoms with Crippen molar-refractivity contribution in [2.75, 3.05) is 19.0 Å². The van der Waals surface area contributed by atoms with Gasteiger partial charge in [-0.25, -0.2) is 4.98 Å². The predicted octanol–water partition coefficient (Wildman–Crippen LogP) is 2.73. The lowest BCUT2D eigenvalue weighted by atomic mass is 9.99. The van der Waals surface area contributed by atoms with Crippen molar-refractivity contribution in [1.82, 2.24) is 4.98 Å². The van der Waals surface area contributed by atoms with Gasteiger partial charge in [0.1, 0.15) is 0 Å². The Morgan fingerprint density at radius 2 is 2.18 bits per heavy atom. The second-order valence-electron chi connectivity index (χ2n) is 4.10. The van der Waals surface area contributed by atoms with Crippen LogP contribution in [-0.2, 0) is 6.42 Å². The zero-order chi connectivity index (χ0) is 11.7. The molecule has 2 aromatic rings. The Morgan fingerprint density at radius 3 is 2.94 bits per heavy atom. The third-order valence-electron chi connectivity index (χ3n) is 3.12. The van der Waals surface area contributed by atoms with Gasteiger partial charge in [-0.15, -0.1) is 0 Å². The van der Waals surface area contributed by atoms with E-state index in [1.807, 2.05) is 12.3 Å². The van der Waals surface area contributed by atoms with E-state index >= 15 is 0 Å². The summed E-state index contributed by atoms with van der Waals surface area (Å²) in [6.45, 7) is 1.02. The van der Waals surface area contributed by atoms with E-state index in [4.69, 9.17) is 4.74 Å². The Bertz CT molecular complexity index is 534. The van der Waals surface area contributed by atoms with Crippen molar-refractivity contribution in [3.8, 4) is 17.0 Å². The molecule has 1 aromatic heterocycles. The van der Waals surface area contributed by atoms with Gasteiger partial charge in [-0.3, -0.25) is 0 Å². The second kappa shape index (κ2) is 4.09. The molecule has 1 aliphatic heterocycles. The molecule has 3 rings (SSSR count). The molecule has 17 heavy (non-hydrogen) atoms. The molecular formula is C14H14N2O. The van der Waals surface area contributed by atoms with Gasteiger partial charge in [0.05, 0.1) is 7.11 Å². The number of benzene rings is 1. The number of nitrogens with zero attached hydrogens (tertiary/aromatic N) is 1. The molecule has 1 aliphatic rings. The highest BCUT2D eigenvalue weighted by Gasteiger charge is 2.14. The largest absolute Gasteiger partial charge is 0.481 e. The first-order valence-corrected chi connectivity index (χ1v) is 5.74. The first kappa shape index (κ1) is 10.1. The number of rotatable bonds is 2. The Balaban J connectivity index is 2.06. The van der Waals surface area contributed by atoms with Gasteiger partial charge >= 0.3 is 0 Å². The molecule has 0 aliphatic carbocycles. The molecule has 3 heteroatoms. The first-order valence-electron chi connectivity index (χ1n) is 5.74. The van der Waals surface area contributed by atoms with Crippen LogP contribution in [-0.4, -0.2) is 18.6 Å². The van der Waals surface area contributed by atoms with Crippen LogP contribution < -0.4 is 10.1 Å². The molecule has 86 valence electrons. The van der Waals surface area contributed by atoms with Crippen molar-refractivity contribution in [3.05, 3.63) is 42.1 Å². The number of hydrogen-bond donors (Lipinski definition) is 1. The SMILES string of the molecule is COc1ccc(-c2cccc3c2CCN3)cn1. The molecule has 0 saturated carbocycles. The summed E-state index contributed by atoms with van der Waals surface area (Å²) in [6.07, 6.45) is 2.95. The lowest BCUT2D eigenvalue weighted by Crippen LogP contribution is -1.90. The Hall–Kier alpha value is -2.03. The van der Waals surface area contributed by atoms with Crippen LogP contribution in [0.5, 0.6) is 5.88 Å². The van der Waals surface area contributed by atoms with Crippen molar-refractivity contribution < 1.29 is 4.74 Å². The predicted molar refractivity (Wildman–Crippen MR) is 68.4 cm³/mol. The van der Waals surface area contributed by atoms with Gasteiger partial charge in [0.15, 0.2) is 0 Å². The molecule has 0 amide bonds. The number of nitrogens with one attached hydrogen (secondary N) is 1. The highest BCUT2D eigenvalue weighted by molar-refractivity contribution is 5.75. The number of aromatic nitrogens is 1. The smallest absolute Gasteiger partial charge is 0.212 e. The molecule has 0 bridgehead atoms. The van der Waals surface area contributed by atoms with E-state index in [9.17, 15) is 0 Å². The first-order chi connectivity index (χ1) is 8.38. The van der Waals surface area contributed by atoms with Crippen molar-refractivity contribution in [2.24, 2.45) is 0 Å². The fraction of sp³-hybridized carbons (Fsp3) is 0.214. The molecule has 0 atom stereocenters. The summed E-state index contributed by atoms with van der Waals surface area (Å²) < 4.78 is 5.07. The normalized spacial score (nSPS) is 13.0. The number of anilines is 1. The van der Waals surface area contributed by atoms with E-state index in [0.29, 0.717) is 5.88 Å². The fourth-order valence-electron chi connectivity index (χ4n) is 2.27. The van der Waals surface area contributed by atoms with E-state index in [1.54, 1.807) is 7.11 Å². The Labute approximate surface area is 100 Å². The maximum absolute atomic E-state index is 5.07. The minimum absolute atomic E-state index is 0.652. The second-order valence-corrected chi connectivity index (χ2v) is 4.10. The van der Waals surface area contributed by atoms with E-state index in [2.05, 4.69) is 34.6 Å². The van der Waals surface area contributed by atoms with E-state index in [0.717, 1.165) is 18.5 Å². The van der Waals surface area contributed by atoms with Crippen molar-refractivity contribution in [1.29, 1.82) is 0 Å². The van der Waals surface area contributed by atoms with Gasteiger partial charge in [-0.1, -0.05) is 12.1 Å². The molecule has 0 radical (unpaired) electrons. The number of hydrogen-bond acceptors (Lipinski definition) is 3. The molecule has 0 saturated heterocycles. The summed E-state index contributed by atoms with van der Waals surface area (Å²) in [7, 11) is 1.63. The van der Waals surface area contributed by atoms with Crippen LogP contribution in [0.3, 0.4) is 0 Å². The van der Waals surface area contributed by atoms with E-state index in [-0.39, 0.29) is 0 Å². The highest BCUT2D eigenvalue weighted by Crippen LogP contribution is 2.32. The molecule has 3 nitrogen and oxygen atoms in total. The van der Waals surface area contributed by atoms with Gasteiger partial charge in [-0.05, 0) is 29.7 Å². The fourth-order valence-corrected chi connectivity index (χ4v) is 2.27. The van der Waals surface area contributed by atoms with Gasteiger partial charge < -0.3 is 10.1 Å². The number of pyridine rings is 1. The minimum atomic E-state index is 0.652. The third kappa shape index (κ3) is 1.73. The summed E-state index contributed by atoms with van der Waals surface area (Å²) in [5.74, 6) is 0.652. The zero-order valence-corrected chi connectivity index (χ0v) is 9.73. The van der Waals surface area contributed by atoms with Crippen LogP contribution >= 0.6 is 0 Å². The summed E-state index contributed by atoms with van der Waals surface area (Å²) in [4.78, 5) is 4.26. The summed E-state index contributed by atoms with van der Waals surface area (Å²) in [6, 6.07) is 10.3. The molecular weight excluding hydrogens is 212 g/mol. The van der Waals surface area contributed by atoms with Crippen LogP contribution in [0, 0.1) is 0 Å². The number of fused-ring (bicyclic) bond motifs is 1. The standard InChI is InChI=1S/C14H14N2O/c1-17-14-6-5-10(9-16-14)11-3-2-4-13-12(11)7-8-15-13/h2-6,9,15H,7-8H2,1H3. The monoisotopic (exact) mass is 226 g/mol. The van der Waals surface area contributed by atoms with Crippen LogP contribution in [0.2, 0.25) is 0 Å². The number of methoxy groups -OCH3 is 1. The van der Waals surface area contributed by atoms with Crippen LogP contribution in [0.25, 0.3) is 11.1 Å². The van der Waals surface area contributed by atoms with E-state index < -0.39 is 0 Å². The zero-order valence-electron chi connectivity index (χ0n) is 9.73. The third-order valence-corrected chi connectivity index (χ3v) is 3.12. The molecule has 2 heterocycles. The lowest BCUT2D eigenvalue weighted by molar-refractivity contribution is 0.398. The highest BCUT2D eigenvalue weighted by atomic mass is 16.5. The van der Waals surface area contributed by atoms with Gasteiger partial charge in [0.25, 0.3) is 0 Å².